The van der Waals surface area contributed by atoms with E-state index in [2.05, 4.69) is 0 Å². The summed E-state index contributed by atoms with van der Waals surface area (Å²) in [6, 6.07) is 0. The van der Waals surface area contributed by atoms with Crippen LogP contribution in [0.3, 0.4) is 0 Å². The Balaban J connectivity index is 4.24. The fraction of sp³-hybridized carbons (Fsp3) is 0.818. The van der Waals surface area contributed by atoms with Crippen LogP contribution in [0.2, 0.25) is 0 Å². The maximum Gasteiger partial charge on any atom is 0.209 e. The highest BCUT2D eigenvalue weighted by Crippen LogP contribution is 2.22. The molecule has 2 nitrogen and oxygen atoms in total. The van der Waals surface area contributed by atoms with Crippen molar-refractivity contribution in [2.45, 2.75) is 47.0 Å². The Bertz CT molecular complexity index is 177. The zero-order valence-corrected chi connectivity index (χ0v) is 9.02. The summed E-state index contributed by atoms with van der Waals surface area (Å²) in [5.74, 6) is -0.504. The lowest BCUT2D eigenvalue weighted by molar-refractivity contribution is -0.128. The van der Waals surface area contributed by atoms with E-state index in [4.69, 9.17) is 0 Å². The van der Waals surface area contributed by atoms with Gasteiger partial charge in [-0.15, -0.1) is 0 Å². The van der Waals surface area contributed by atoms with E-state index >= 15 is 0 Å². The molecular formula is C11H19O2. The highest BCUT2D eigenvalue weighted by Gasteiger charge is 2.29. The molecule has 1 radical (unpaired) electrons. The Labute approximate surface area is 80.7 Å². The van der Waals surface area contributed by atoms with Crippen molar-refractivity contribution in [3.8, 4) is 0 Å². The first-order valence-corrected chi connectivity index (χ1v) is 4.85. The Morgan fingerprint density at radius 3 is 2.23 bits per heavy atom. The third-order valence-electron chi connectivity index (χ3n) is 2.04. The molecule has 0 bridgehead atoms. The molecule has 0 amide bonds. The fourth-order valence-electron chi connectivity index (χ4n) is 1.17. The molecule has 0 saturated heterocycles. The van der Waals surface area contributed by atoms with Crippen molar-refractivity contribution in [3.63, 3.8) is 0 Å². The fourth-order valence-corrected chi connectivity index (χ4v) is 1.17. The van der Waals surface area contributed by atoms with Gasteiger partial charge in [-0.05, 0) is 6.42 Å². The van der Waals surface area contributed by atoms with Crippen LogP contribution >= 0.6 is 0 Å². The van der Waals surface area contributed by atoms with E-state index in [1.54, 1.807) is 0 Å². The van der Waals surface area contributed by atoms with E-state index in [0.717, 1.165) is 12.8 Å². The van der Waals surface area contributed by atoms with E-state index in [0.29, 0.717) is 6.42 Å². The summed E-state index contributed by atoms with van der Waals surface area (Å²) in [4.78, 5) is 22.2. The van der Waals surface area contributed by atoms with E-state index in [1.807, 2.05) is 34.0 Å². The summed E-state index contributed by atoms with van der Waals surface area (Å²) in [7, 11) is 0. The Morgan fingerprint density at radius 1 is 1.38 bits per heavy atom. The number of hydrogen-bond donors (Lipinski definition) is 0. The van der Waals surface area contributed by atoms with Gasteiger partial charge in [-0.3, -0.25) is 9.59 Å². The van der Waals surface area contributed by atoms with E-state index < -0.39 is 11.3 Å². The minimum absolute atomic E-state index is 0.0101. The van der Waals surface area contributed by atoms with Crippen molar-refractivity contribution >= 4 is 12.1 Å². The minimum atomic E-state index is -0.514. The molecule has 0 aliphatic rings. The highest BCUT2D eigenvalue weighted by atomic mass is 16.1. The number of hydrogen-bond acceptors (Lipinski definition) is 2. The van der Waals surface area contributed by atoms with Crippen molar-refractivity contribution in [1.29, 1.82) is 0 Å². The number of carbonyl (C=O) groups excluding carboxylic acids is 2. The molecule has 13 heavy (non-hydrogen) atoms. The molecular weight excluding hydrogens is 164 g/mol. The second kappa shape index (κ2) is 5.15. The summed E-state index contributed by atoms with van der Waals surface area (Å²) < 4.78 is 0. The van der Waals surface area contributed by atoms with Gasteiger partial charge < -0.3 is 0 Å². The van der Waals surface area contributed by atoms with Gasteiger partial charge in [0.15, 0.2) is 0 Å². The van der Waals surface area contributed by atoms with Gasteiger partial charge in [-0.25, -0.2) is 0 Å². The van der Waals surface area contributed by atoms with E-state index in [-0.39, 0.29) is 5.78 Å². The second-order valence-corrected chi connectivity index (χ2v) is 4.43. The predicted octanol–water partition coefficient (Wildman–Crippen LogP) is 2.52. The summed E-state index contributed by atoms with van der Waals surface area (Å²) in [6.45, 7) is 7.56. The Hall–Kier alpha value is -0.660. The number of carbonyl (C=O) groups is 1. The molecule has 0 spiro atoms. The molecule has 0 N–H and O–H groups in total. The van der Waals surface area contributed by atoms with Crippen LogP contribution in [0.1, 0.15) is 47.0 Å². The van der Waals surface area contributed by atoms with Gasteiger partial charge in [0, 0.05) is 5.41 Å². The molecule has 2 heteroatoms. The van der Waals surface area contributed by atoms with Crippen LogP contribution in [0.4, 0.5) is 0 Å². The molecule has 0 aromatic rings. The average Bonchev–Trinajstić information content (AvgIpc) is 2.04. The predicted molar refractivity (Wildman–Crippen MR) is 53.2 cm³/mol. The maximum absolute atomic E-state index is 11.6. The first-order chi connectivity index (χ1) is 5.93. The number of rotatable bonds is 5. The number of unbranched alkanes of at least 4 members (excludes halogenated alkanes) is 1. The van der Waals surface area contributed by atoms with Crippen molar-refractivity contribution in [3.05, 3.63) is 0 Å². The van der Waals surface area contributed by atoms with Gasteiger partial charge in [0.1, 0.15) is 5.78 Å². The van der Waals surface area contributed by atoms with Crippen LogP contribution in [-0.2, 0) is 9.59 Å². The van der Waals surface area contributed by atoms with Crippen LogP contribution < -0.4 is 0 Å². The van der Waals surface area contributed by atoms with E-state index in [1.165, 1.54) is 0 Å². The third-order valence-corrected chi connectivity index (χ3v) is 2.04. The molecule has 1 unspecified atom stereocenters. The SMILES string of the molecule is CCCCC([C]=O)C(=O)C(C)(C)C. The van der Waals surface area contributed by atoms with E-state index in [9.17, 15) is 9.59 Å². The highest BCUT2D eigenvalue weighted by molar-refractivity contribution is 5.96. The van der Waals surface area contributed by atoms with Crippen LogP contribution in [-0.4, -0.2) is 12.1 Å². The summed E-state index contributed by atoms with van der Waals surface area (Å²) in [5, 5.41) is 0. The smallest absolute Gasteiger partial charge is 0.209 e. The van der Waals surface area contributed by atoms with Crippen LogP contribution in [0, 0.1) is 11.3 Å². The quantitative estimate of drug-likeness (QED) is 0.614. The molecule has 0 aliphatic carbocycles. The molecule has 0 heterocycles. The standard InChI is InChI=1S/C11H19O2/c1-5-6-7-9(8-12)10(13)11(2,3)4/h9H,5-7H2,1-4H3. The zero-order valence-electron chi connectivity index (χ0n) is 9.02. The van der Waals surface area contributed by atoms with Crippen molar-refractivity contribution in [1.82, 2.24) is 0 Å². The summed E-state index contributed by atoms with van der Waals surface area (Å²) in [6.07, 6.45) is 4.42. The van der Waals surface area contributed by atoms with Crippen molar-refractivity contribution in [2.75, 3.05) is 0 Å². The molecule has 0 fully saturated rings. The van der Waals surface area contributed by atoms with Gasteiger partial charge in [0.25, 0.3) is 0 Å². The Morgan fingerprint density at radius 2 is 1.92 bits per heavy atom. The monoisotopic (exact) mass is 183 g/mol. The molecule has 0 rings (SSSR count). The number of ketones is 1. The third kappa shape index (κ3) is 4.20. The molecule has 75 valence electrons. The first kappa shape index (κ1) is 12.3. The topological polar surface area (TPSA) is 34.1 Å². The van der Waals surface area contributed by atoms with Gasteiger partial charge in [-0.2, -0.15) is 0 Å². The van der Waals surface area contributed by atoms with Gasteiger partial charge >= 0.3 is 0 Å². The minimum Gasteiger partial charge on any atom is -0.298 e. The molecule has 1 atom stereocenters. The molecule has 0 aromatic heterocycles. The van der Waals surface area contributed by atoms with Crippen LogP contribution in [0.15, 0.2) is 0 Å². The average molecular weight is 183 g/mol. The summed E-state index contributed by atoms with van der Waals surface area (Å²) in [5.41, 5.74) is -0.421. The number of Topliss-reactive ketones (excluding diaryl/α,β-unsaturated/α-hetero) is 1. The van der Waals surface area contributed by atoms with Gasteiger partial charge in [-0.1, -0.05) is 40.5 Å². The van der Waals surface area contributed by atoms with Crippen LogP contribution in [0.5, 0.6) is 0 Å². The molecule has 0 aromatic carbocycles. The van der Waals surface area contributed by atoms with Gasteiger partial charge in [0.05, 0.1) is 5.92 Å². The Kier molecular flexibility index (Phi) is 4.89. The van der Waals surface area contributed by atoms with Crippen molar-refractivity contribution in [2.24, 2.45) is 11.3 Å². The second-order valence-electron chi connectivity index (χ2n) is 4.43. The lowest BCUT2D eigenvalue weighted by Gasteiger charge is -2.20. The first-order valence-electron chi connectivity index (χ1n) is 4.85. The lowest BCUT2D eigenvalue weighted by Crippen LogP contribution is -2.29. The molecule has 0 saturated carbocycles. The zero-order chi connectivity index (χ0) is 10.5. The summed E-state index contributed by atoms with van der Waals surface area (Å²) >= 11 is 0. The normalized spacial score (nSPS) is 13.8. The molecule has 0 aliphatic heterocycles. The lowest BCUT2D eigenvalue weighted by atomic mass is 9.82. The van der Waals surface area contributed by atoms with Crippen molar-refractivity contribution < 1.29 is 9.59 Å². The largest absolute Gasteiger partial charge is 0.298 e. The van der Waals surface area contributed by atoms with Gasteiger partial charge in [0.2, 0.25) is 6.29 Å². The maximum atomic E-state index is 11.6. The van der Waals surface area contributed by atoms with Crippen LogP contribution in [0.25, 0.3) is 0 Å².